The lowest BCUT2D eigenvalue weighted by molar-refractivity contribution is 0.0520. The molecule has 3 aromatic carbocycles. The molecule has 3 aliphatic rings. The SMILES string of the molecule is CN1Cc2c(Cl)cc(Cl)cc2[C@H](c2cccc(S(=O)(=O)NCCOCCOCCNC(=NCCCCN=C(NCCOCCOCCNS(=O)(=O)C3=CC=CC(C)([C@@H]4CN(C)Cc5c(Cl)cc(Cl)cc54)C3)NC(N)=O)NC(N)=O)c2)C1. The molecule has 1 unspecified atom stereocenters. The predicted molar refractivity (Wildman–Crippen MR) is 317 cm³/mol. The number of carbonyl (C=O) groups excluding carboxylic acids is 2. The van der Waals surface area contributed by atoms with Crippen molar-refractivity contribution in [1.82, 2.24) is 40.5 Å². The molecule has 0 saturated carbocycles. The molecule has 4 amide bonds. The molecule has 1 aliphatic carbocycles. The summed E-state index contributed by atoms with van der Waals surface area (Å²) < 4.78 is 80.9. The van der Waals surface area contributed by atoms with E-state index in [9.17, 15) is 26.4 Å². The highest BCUT2D eigenvalue weighted by Gasteiger charge is 2.41. The normalized spacial score (nSPS) is 18.9. The van der Waals surface area contributed by atoms with Crippen molar-refractivity contribution in [1.29, 1.82) is 0 Å². The van der Waals surface area contributed by atoms with Crippen LogP contribution in [0, 0.1) is 5.41 Å². The first-order valence-electron chi connectivity index (χ1n) is 26.4. The maximum Gasteiger partial charge on any atom is 0.318 e. The van der Waals surface area contributed by atoms with Crippen LogP contribution in [0.15, 0.2) is 86.5 Å². The summed E-state index contributed by atoms with van der Waals surface area (Å²) in [5.41, 5.74) is 15.0. The molecule has 28 heteroatoms. The van der Waals surface area contributed by atoms with Gasteiger partial charge in [0.05, 0.1) is 62.7 Å². The Kier molecular flexibility index (Phi) is 25.8. The molecule has 10 N–H and O–H groups in total. The standard InChI is InChI=1S/C53H74Cl4N12O10S2/c1-53(46-35-69(3)34-45-42(46)28-38(55)30-48(45)57)11-7-10-40(31-53)81(74,75)65-17-21-79-25-23-77-19-15-63-52(67-50(59)71)61-13-5-4-12-60-51(66-49(58)70)62-14-18-76-22-24-78-20-16-64-80(72,73)39-9-6-8-36(26-39)43-32-68(2)33-44-41(43)27-37(54)29-47(44)56/h6-11,26-30,43,46,64-65H,4-5,12-25,31-35H2,1-3H3,(H4,58,60,62,66,70)(H4,59,61,63,67,71)/t43-,46+,53?/m0/s1. The van der Waals surface area contributed by atoms with E-state index < -0.39 is 37.5 Å². The lowest BCUT2D eigenvalue weighted by atomic mass is 9.67. The topological polar surface area (TPSA) is 295 Å². The highest BCUT2D eigenvalue weighted by Crippen LogP contribution is 2.49. The fourth-order valence-electron chi connectivity index (χ4n) is 9.65. The van der Waals surface area contributed by atoms with E-state index in [1.807, 2.05) is 32.3 Å². The van der Waals surface area contributed by atoms with Gasteiger partial charge < -0.3 is 50.8 Å². The van der Waals surface area contributed by atoms with Gasteiger partial charge in [-0.2, -0.15) is 0 Å². The van der Waals surface area contributed by atoms with Crippen LogP contribution in [-0.2, 0) is 52.1 Å². The fourth-order valence-corrected chi connectivity index (χ4v) is 13.2. The number of likely N-dealkylation sites (N-methyl/N-ethyl adjacent to an activating group) is 2. The number of hydrogen-bond donors (Lipinski definition) is 8. The van der Waals surface area contributed by atoms with Crippen molar-refractivity contribution in [2.24, 2.45) is 26.9 Å². The third kappa shape index (κ3) is 20.6. The maximum atomic E-state index is 13.4. The summed E-state index contributed by atoms with van der Waals surface area (Å²) in [6.07, 6.45) is 6.96. The van der Waals surface area contributed by atoms with Crippen LogP contribution in [0.3, 0.4) is 0 Å². The highest BCUT2D eigenvalue weighted by molar-refractivity contribution is 7.93. The first-order chi connectivity index (χ1) is 38.6. The molecule has 0 radical (unpaired) electrons. The van der Waals surface area contributed by atoms with Gasteiger partial charge in [0.1, 0.15) is 0 Å². The van der Waals surface area contributed by atoms with Gasteiger partial charge in [-0.15, -0.1) is 0 Å². The Morgan fingerprint density at radius 3 is 1.70 bits per heavy atom. The molecule has 0 spiro atoms. The van der Waals surface area contributed by atoms with Crippen LogP contribution in [0.5, 0.6) is 0 Å². The lowest BCUT2D eigenvalue weighted by Crippen LogP contribution is -2.45. The monoisotopic (exact) mass is 1240 g/mol. The third-order valence-electron chi connectivity index (χ3n) is 13.5. The van der Waals surface area contributed by atoms with Gasteiger partial charge in [-0.25, -0.2) is 35.9 Å². The molecular weight excluding hydrogens is 1170 g/mol. The van der Waals surface area contributed by atoms with Crippen LogP contribution in [0.4, 0.5) is 9.59 Å². The van der Waals surface area contributed by atoms with Crippen molar-refractivity contribution in [3.05, 3.63) is 120 Å². The maximum absolute atomic E-state index is 13.4. The zero-order valence-corrected chi connectivity index (χ0v) is 50.4. The van der Waals surface area contributed by atoms with Gasteiger partial charge in [-0.3, -0.25) is 20.6 Å². The number of unbranched alkanes of at least 4 members (excludes halogenated alkanes) is 1. The van der Waals surface area contributed by atoms with Crippen LogP contribution in [0.2, 0.25) is 20.1 Å². The number of nitrogens with one attached hydrogen (secondary N) is 6. The van der Waals surface area contributed by atoms with Crippen LogP contribution in [0.25, 0.3) is 0 Å². The van der Waals surface area contributed by atoms with Gasteiger partial charge in [-0.1, -0.05) is 77.6 Å². The second-order valence-corrected chi connectivity index (χ2v) is 25.2. The number of ether oxygens (including phenoxy) is 4. The number of nitrogens with two attached hydrogens (primary N) is 2. The summed E-state index contributed by atoms with van der Waals surface area (Å²) in [6.45, 7) is 7.86. The van der Waals surface area contributed by atoms with Crippen LogP contribution in [0.1, 0.15) is 65.8 Å². The number of rotatable bonds is 29. The number of allylic oxidation sites excluding steroid dienone is 4. The van der Waals surface area contributed by atoms with E-state index in [-0.39, 0.29) is 94.6 Å². The number of hydrogen-bond acceptors (Lipinski definition) is 14. The number of halogens is 4. The van der Waals surface area contributed by atoms with Crippen molar-refractivity contribution in [3.63, 3.8) is 0 Å². The van der Waals surface area contributed by atoms with Crippen LogP contribution in [-0.4, -0.2) is 170 Å². The summed E-state index contributed by atoms with van der Waals surface area (Å²) >= 11 is 25.9. The van der Waals surface area contributed by atoms with Crippen molar-refractivity contribution < 1.29 is 45.4 Å². The van der Waals surface area contributed by atoms with Gasteiger partial charge in [0.15, 0.2) is 11.9 Å². The molecule has 3 aromatic rings. The van der Waals surface area contributed by atoms with E-state index in [4.69, 9.17) is 76.8 Å². The zero-order chi connectivity index (χ0) is 58.6. The van der Waals surface area contributed by atoms with E-state index in [1.165, 1.54) is 0 Å². The lowest BCUT2D eigenvalue weighted by Gasteiger charge is -2.43. The number of primary amides is 2. The largest absolute Gasteiger partial charge is 0.378 e. The molecule has 446 valence electrons. The van der Waals surface area contributed by atoms with Crippen LogP contribution < -0.4 is 42.2 Å². The van der Waals surface area contributed by atoms with Crippen molar-refractivity contribution in [3.8, 4) is 0 Å². The van der Waals surface area contributed by atoms with E-state index in [2.05, 4.69) is 63.5 Å². The number of carbonyl (C=O) groups is 2. The molecule has 0 saturated heterocycles. The minimum atomic E-state index is -3.83. The fraction of sp³-hybridized carbons (Fsp3) is 0.509. The summed E-state index contributed by atoms with van der Waals surface area (Å²) in [5.74, 6) is 0.204. The average Bonchev–Trinajstić information content (AvgIpc) is 3.44. The number of nitrogens with zero attached hydrogens (tertiary/aromatic N) is 4. The number of sulfonamides is 2. The number of urea groups is 2. The Balaban J connectivity index is 0.791. The Morgan fingerprint density at radius 1 is 0.667 bits per heavy atom. The summed E-state index contributed by atoms with van der Waals surface area (Å²) in [5, 5.41) is 13.1. The zero-order valence-electron chi connectivity index (χ0n) is 45.7. The second-order valence-electron chi connectivity index (χ2n) is 19.9. The molecule has 0 aromatic heterocycles. The summed E-state index contributed by atoms with van der Waals surface area (Å²) in [4.78, 5) is 36.7. The number of guanidine groups is 2. The predicted octanol–water partition coefficient (Wildman–Crippen LogP) is 5.23. The average molecular weight is 1250 g/mol. The van der Waals surface area contributed by atoms with Crippen molar-refractivity contribution in [2.75, 3.05) is 119 Å². The first-order valence-corrected chi connectivity index (χ1v) is 30.9. The molecule has 81 heavy (non-hydrogen) atoms. The van der Waals surface area contributed by atoms with Gasteiger partial charge in [0.2, 0.25) is 20.0 Å². The molecule has 0 bridgehead atoms. The molecule has 0 fully saturated rings. The molecule has 2 heterocycles. The molecule has 6 rings (SSSR count). The van der Waals surface area contributed by atoms with E-state index >= 15 is 0 Å². The van der Waals surface area contributed by atoms with E-state index in [1.54, 1.807) is 42.5 Å². The van der Waals surface area contributed by atoms with Gasteiger partial charge in [-0.05, 0) is 109 Å². The first kappa shape index (κ1) is 65.5. The quantitative estimate of drug-likeness (QED) is 0.0251. The second kappa shape index (κ2) is 31.9. The van der Waals surface area contributed by atoms with Gasteiger partial charge >= 0.3 is 12.1 Å². The number of aliphatic imine (C=N–C) groups is 2. The highest BCUT2D eigenvalue weighted by atomic mass is 35.5. The number of amides is 4. The Hall–Kier alpha value is -4.64. The Labute approximate surface area is 495 Å². The Morgan fingerprint density at radius 2 is 1.16 bits per heavy atom. The van der Waals surface area contributed by atoms with E-state index in [0.717, 1.165) is 34.4 Å². The van der Waals surface area contributed by atoms with Gasteiger partial charge in [0, 0.05) is 97.4 Å². The number of fused-ring (bicyclic) bond motifs is 2. The molecule has 2 aliphatic heterocycles. The smallest absolute Gasteiger partial charge is 0.318 e. The number of benzene rings is 3. The summed E-state index contributed by atoms with van der Waals surface area (Å²) in [7, 11) is -3.60. The molecular formula is C53H74Cl4N12O10S2. The van der Waals surface area contributed by atoms with Gasteiger partial charge in [0.25, 0.3) is 0 Å². The van der Waals surface area contributed by atoms with Crippen molar-refractivity contribution >= 4 is 90.4 Å². The Bertz CT molecular complexity index is 2990. The summed E-state index contributed by atoms with van der Waals surface area (Å²) in [6, 6.07) is 12.6. The van der Waals surface area contributed by atoms with Crippen LogP contribution >= 0.6 is 46.4 Å². The van der Waals surface area contributed by atoms with Crippen molar-refractivity contribution in [2.45, 2.75) is 56.0 Å². The minimum Gasteiger partial charge on any atom is -0.378 e. The molecule has 22 nitrogen and oxygen atoms in total. The minimum absolute atomic E-state index is 0.0258. The molecule has 3 atom stereocenters. The third-order valence-corrected chi connectivity index (χ3v) is 17.6. The van der Waals surface area contributed by atoms with E-state index in [0.29, 0.717) is 90.1 Å².